The number of halogens is 2. The first kappa shape index (κ1) is 17.0. The lowest BCUT2D eigenvalue weighted by molar-refractivity contribution is 0.0666. The van der Waals surface area contributed by atoms with Crippen LogP contribution in [-0.2, 0) is 16.4 Å². The topological polar surface area (TPSA) is 67.6 Å². The Bertz CT molecular complexity index is 851. The van der Waals surface area contributed by atoms with Crippen LogP contribution in [-0.4, -0.2) is 36.8 Å². The molecule has 1 fully saturated rings. The number of carbonyl (C=O) groups is 1. The van der Waals surface area contributed by atoms with Crippen molar-refractivity contribution < 1.29 is 22.0 Å². The van der Waals surface area contributed by atoms with E-state index in [1.807, 2.05) is 0 Å². The number of amides is 1. The molecular formula is C16H15ClFNO4S. The summed E-state index contributed by atoms with van der Waals surface area (Å²) in [6, 6.07) is 6.44. The van der Waals surface area contributed by atoms with Gasteiger partial charge in [-0.25, -0.2) is 12.8 Å². The van der Waals surface area contributed by atoms with E-state index < -0.39 is 27.6 Å². The zero-order valence-corrected chi connectivity index (χ0v) is 14.2. The Balaban J connectivity index is 1.92. The maximum absolute atomic E-state index is 13.2. The molecule has 0 spiro atoms. The molecule has 3 rings (SSSR count). The third kappa shape index (κ3) is 3.62. The molecule has 0 bridgehead atoms. The van der Waals surface area contributed by atoms with Crippen molar-refractivity contribution in [1.29, 1.82) is 0 Å². The molecule has 0 radical (unpaired) electrons. The highest BCUT2D eigenvalue weighted by atomic mass is 35.5. The standard InChI is InChI=1S/C16H15ClFNO4S/c17-15-8-11(18)3-4-14(15)16(20)19(9-13-2-1-6-23-13)12-5-7-24(21,22)10-12/h1-4,6,8,12H,5,7,9-10H2/t12-/m0/s1. The van der Waals surface area contributed by atoms with Crippen molar-refractivity contribution in [3.05, 3.63) is 58.8 Å². The highest BCUT2D eigenvalue weighted by molar-refractivity contribution is 7.91. The number of nitrogens with zero attached hydrogens (tertiary/aromatic N) is 1. The predicted octanol–water partition coefficient (Wildman–Crippen LogP) is 2.90. The molecule has 8 heteroatoms. The fraction of sp³-hybridized carbons (Fsp3) is 0.312. The summed E-state index contributed by atoms with van der Waals surface area (Å²) in [5.74, 6) is -0.517. The van der Waals surface area contributed by atoms with Crippen molar-refractivity contribution in [2.75, 3.05) is 11.5 Å². The van der Waals surface area contributed by atoms with Crippen molar-refractivity contribution >= 4 is 27.3 Å². The van der Waals surface area contributed by atoms with Gasteiger partial charge >= 0.3 is 0 Å². The summed E-state index contributed by atoms with van der Waals surface area (Å²) in [7, 11) is -3.17. The quantitative estimate of drug-likeness (QED) is 0.828. The first-order chi connectivity index (χ1) is 11.4. The fourth-order valence-corrected chi connectivity index (χ4v) is 4.75. The smallest absolute Gasteiger partial charge is 0.256 e. The van der Waals surface area contributed by atoms with E-state index in [-0.39, 0.29) is 28.6 Å². The molecule has 1 atom stereocenters. The molecule has 1 aromatic carbocycles. The zero-order valence-electron chi connectivity index (χ0n) is 12.6. The van der Waals surface area contributed by atoms with Crippen molar-refractivity contribution in [3.63, 3.8) is 0 Å². The predicted molar refractivity (Wildman–Crippen MR) is 87.1 cm³/mol. The van der Waals surface area contributed by atoms with Gasteiger partial charge in [0, 0.05) is 6.04 Å². The molecule has 0 aliphatic carbocycles. The molecule has 1 amide bonds. The Morgan fingerprint density at radius 3 is 2.75 bits per heavy atom. The minimum Gasteiger partial charge on any atom is -0.467 e. The molecule has 24 heavy (non-hydrogen) atoms. The molecule has 2 aromatic rings. The highest BCUT2D eigenvalue weighted by Crippen LogP contribution is 2.25. The van der Waals surface area contributed by atoms with Gasteiger partial charge in [0.2, 0.25) is 0 Å². The first-order valence-corrected chi connectivity index (χ1v) is 9.54. The van der Waals surface area contributed by atoms with E-state index in [9.17, 15) is 17.6 Å². The molecule has 1 aliphatic heterocycles. The summed E-state index contributed by atoms with van der Waals surface area (Å²) in [6.07, 6.45) is 1.84. The lowest BCUT2D eigenvalue weighted by atomic mass is 10.1. The van der Waals surface area contributed by atoms with E-state index in [4.69, 9.17) is 16.0 Å². The lowest BCUT2D eigenvalue weighted by Crippen LogP contribution is -2.40. The van der Waals surface area contributed by atoms with Gasteiger partial charge in [-0.2, -0.15) is 0 Å². The van der Waals surface area contributed by atoms with Crippen molar-refractivity contribution in [2.45, 2.75) is 19.0 Å². The average Bonchev–Trinajstić information content (AvgIpc) is 3.13. The van der Waals surface area contributed by atoms with Gasteiger partial charge in [-0.15, -0.1) is 0 Å². The second-order valence-electron chi connectivity index (χ2n) is 5.69. The largest absolute Gasteiger partial charge is 0.467 e. The number of sulfone groups is 1. The fourth-order valence-electron chi connectivity index (χ4n) is 2.78. The Morgan fingerprint density at radius 1 is 1.38 bits per heavy atom. The summed E-state index contributed by atoms with van der Waals surface area (Å²) >= 11 is 5.98. The van der Waals surface area contributed by atoms with Crippen LogP contribution in [0.25, 0.3) is 0 Å². The van der Waals surface area contributed by atoms with Crippen LogP contribution in [0.5, 0.6) is 0 Å². The maximum Gasteiger partial charge on any atom is 0.256 e. The summed E-state index contributed by atoms with van der Waals surface area (Å²) in [5, 5.41) is -0.00898. The molecule has 1 aliphatic rings. The van der Waals surface area contributed by atoms with Gasteiger partial charge in [0.05, 0.1) is 34.9 Å². The van der Waals surface area contributed by atoms with Crippen molar-refractivity contribution in [2.24, 2.45) is 0 Å². The van der Waals surface area contributed by atoms with Crippen LogP contribution >= 0.6 is 11.6 Å². The van der Waals surface area contributed by atoms with Crippen molar-refractivity contribution in [1.82, 2.24) is 4.90 Å². The second kappa shape index (κ2) is 6.57. The number of benzene rings is 1. The van der Waals surface area contributed by atoms with Crippen LogP contribution in [0.4, 0.5) is 4.39 Å². The van der Waals surface area contributed by atoms with Gasteiger partial charge in [-0.05, 0) is 36.8 Å². The minimum atomic E-state index is -3.17. The van der Waals surface area contributed by atoms with Gasteiger partial charge in [-0.1, -0.05) is 11.6 Å². The number of hydrogen-bond acceptors (Lipinski definition) is 4. The number of furan rings is 1. The minimum absolute atomic E-state index is 0.00898. The van der Waals surface area contributed by atoms with E-state index >= 15 is 0 Å². The van der Waals surface area contributed by atoms with E-state index in [2.05, 4.69) is 0 Å². The molecule has 128 valence electrons. The maximum atomic E-state index is 13.2. The Labute approximate surface area is 143 Å². The number of hydrogen-bond donors (Lipinski definition) is 0. The lowest BCUT2D eigenvalue weighted by Gasteiger charge is -2.28. The third-order valence-corrected chi connectivity index (χ3v) is 6.04. The van der Waals surface area contributed by atoms with Crippen molar-refractivity contribution in [3.8, 4) is 0 Å². The van der Waals surface area contributed by atoms with E-state index in [0.717, 1.165) is 12.1 Å². The first-order valence-electron chi connectivity index (χ1n) is 7.34. The Hall–Kier alpha value is -1.86. The number of carbonyl (C=O) groups excluding carboxylic acids is 1. The van der Waals surface area contributed by atoms with Gasteiger partial charge < -0.3 is 9.32 Å². The van der Waals surface area contributed by atoms with E-state index in [1.54, 1.807) is 12.1 Å². The molecule has 0 N–H and O–H groups in total. The molecule has 0 saturated carbocycles. The molecule has 0 unspecified atom stereocenters. The average molecular weight is 372 g/mol. The molecule has 1 aromatic heterocycles. The summed E-state index contributed by atoms with van der Waals surface area (Å²) in [5.41, 5.74) is 0.133. The second-order valence-corrected chi connectivity index (χ2v) is 8.33. The van der Waals surface area contributed by atoms with Crippen LogP contribution in [0, 0.1) is 5.82 Å². The summed E-state index contributed by atoms with van der Waals surface area (Å²) in [6.45, 7) is 0.125. The third-order valence-electron chi connectivity index (χ3n) is 3.98. The normalized spacial score (nSPS) is 19.3. The van der Waals surface area contributed by atoms with Gasteiger partial charge in [0.15, 0.2) is 9.84 Å². The zero-order chi connectivity index (χ0) is 17.3. The van der Waals surface area contributed by atoms with Crippen LogP contribution < -0.4 is 0 Å². The van der Waals surface area contributed by atoms with Crippen LogP contribution in [0.15, 0.2) is 41.0 Å². The van der Waals surface area contributed by atoms with Gasteiger partial charge in [0.25, 0.3) is 5.91 Å². The molecular weight excluding hydrogens is 357 g/mol. The molecule has 5 nitrogen and oxygen atoms in total. The molecule has 2 heterocycles. The van der Waals surface area contributed by atoms with Crippen LogP contribution in [0.3, 0.4) is 0 Å². The SMILES string of the molecule is O=C(c1ccc(F)cc1Cl)N(Cc1ccco1)[C@H]1CCS(=O)(=O)C1. The van der Waals surface area contributed by atoms with Gasteiger partial charge in [-0.3, -0.25) is 4.79 Å². The van der Waals surface area contributed by atoms with Crippen LogP contribution in [0.2, 0.25) is 5.02 Å². The van der Waals surface area contributed by atoms with E-state index in [1.165, 1.54) is 17.2 Å². The van der Waals surface area contributed by atoms with Gasteiger partial charge in [0.1, 0.15) is 11.6 Å². The summed E-state index contributed by atoms with van der Waals surface area (Å²) < 4.78 is 42.1. The van der Waals surface area contributed by atoms with Crippen LogP contribution in [0.1, 0.15) is 22.5 Å². The monoisotopic (exact) mass is 371 g/mol. The highest BCUT2D eigenvalue weighted by Gasteiger charge is 2.36. The summed E-state index contributed by atoms with van der Waals surface area (Å²) in [4.78, 5) is 14.3. The Morgan fingerprint density at radius 2 is 2.17 bits per heavy atom. The van der Waals surface area contributed by atoms with E-state index in [0.29, 0.717) is 12.2 Å². The Kier molecular flexibility index (Phi) is 4.64. The molecule has 1 saturated heterocycles. The number of rotatable bonds is 4.